The Balaban J connectivity index is 2.52. The number of carbonyl (C=O) groups is 1. The predicted molar refractivity (Wildman–Crippen MR) is 41.0 cm³/mol. The average molecular weight is 179 g/mol. The lowest BCUT2D eigenvalue weighted by molar-refractivity contribution is 0.0697. The zero-order valence-corrected chi connectivity index (χ0v) is 6.39. The monoisotopic (exact) mass is 179 g/mol. The van der Waals surface area contributed by atoms with Crippen LogP contribution in [-0.4, -0.2) is 26.2 Å². The van der Waals surface area contributed by atoms with Crippen LogP contribution < -0.4 is 0 Å². The van der Waals surface area contributed by atoms with Gasteiger partial charge in [0, 0.05) is 0 Å². The van der Waals surface area contributed by atoms with Gasteiger partial charge in [-0.3, -0.25) is 0 Å². The fourth-order valence-corrected chi connectivity index (χ4v) is 0.966. The van der Waals surface area contributed by atoms with Gasteiger partial charge in [0.1, 0.15) is 11.3 Å². The summed E-state index contributed by atoms with van der Waals surface area (Å²) in [5.74, 6) is -0.893. The van der Waals surface area contributed by atoms with Crippen molar-refractivity contribution in [1.29, 1.82) is 0 Å². The largest absolute Gasteiger partial charge is 0.477 e. The SMILES string of the molecule is O=C(O)c1cnoc1-c1cnc[nH]1. The molecule has 0 saturated heterocycles. The number of imidazole rings is 1. The Kier molecular flexibility index (Phi) is 1.59. The molecular weight excluding hydrogens is 174 g/mol. The first-order valence-corrected chi connectivity index (χ1v) is 3.46. The van der Waals surface area contributed by atoms with Crippen LogP contribution in [0.4, 0.5) is 0 Å². The number of hydrogen-bond donors (Lipinski definition) is 2. The standard InChI is InChI=1S/C7H5N3O3/c11-7(12)4-1-10-13-6(4)5-2-8-3-9-5/h1-3H,(H,8,9)(H,11,12). The molecule has 0 fully saturated rings. The molecule has 2 heterocycles. The summed E-state index contributed by atoms with van der Waals surface area (Å²) in [5.41, 5.74) is 0.513. The first-order chi connectivity index (χ1) is 6.29. The van der Waals surface area contributed by atoms with Crippen LogP contribution in [0.1, 0.15) is 10.4 Å². The number of H-pyrrole nitrogens is 1. The second-order valence-electron chi connectivity index (χ2n) is 2.34. The van der Waals surface area contributed by atoms with Gasteiger partial charge in [-0.2, -0.15) is 0 Å². The summed E-state index contributed by atoms with van der Waals surface area (Å²) < 4.78 is 4.77. The van der Waals surface area contributed by atoms with Gasteiger partial charge in [0.05, 0.1) is 18.7 Å². The van der Waals surface area contributed by atoms with Crippen LogP contribution in [0.15, 0.2) is 23.2 Å². The van der Waals surface area contributed by atoms with E-state index in [2.05, 4.69) is 15.1 Å². The summed E-state index contributed by atoms with van der Waals surface area (Å²) in [6.07, 6.45) is 4.05. The predicted octanol–water partition coefficient (Wildman–Crippen LogP) is 0.763. The van der Waals surface area contributed by atoms with Gasteiger partial charge in [-0.25, -0.2) is 9.78 Å². The molecule has 6 heteroatoms. The van der Waals surface area contributed by atoms with E-state index >= 15 is 0 Å². The van der Waals surface area contributed by atoms with E-state index in [1.54, 1.807) is 0 Å². The first kappa shape index (κ1) is 7.53. The highest BCUT2D eigenvalue weighted by Crippen LogP contribution is 2.20. The van der Waals surface area contributed by atoms with Crippen LogP contribution in [0, 0.1) is 0 Å². The number of rotatable bonds is 2. The molecule has 0 spiro atoms. The molecule has 2 aromatic rings. The molecule has 0 radical (unpaired) electrons. The van der Waals surface area contributed by atoms with Crippen molar-refractivity contribution in [2.24, 2.45) is 0 Å². The van der Waals surface area contributed by atoms with Crippen molar-refractivity contribution >= 4 is 5.97 Å². The minimum Gasteiger partial charge on any atom is -0.477 e. The smallest absolute Gasteiger partial charge is 0.341 e. The van der Waals surface area contributed by atoms with Crippen molar-refractivity contribution in [1.82, 2.24) is 15.1 Å². The molecule has 66 valence electrons. The molecule has 0 aliphatic heterocycles. The summed E-state index contributed by atoms with van der Waals surface area (Å²) in [6, 6.07) is 0. The van der Waals surface area contributed by atoms with E-state index in [-0.39, 0.29) is 11.3 Å². The number of nitrogens with one attached hydrogen (secondary N) is 1. The number of aromatic nitrogens is 3. The van der Waals surface area contributed by atoms with Gasteiger partial charge in [-0.05, 0) is 0 Å². The van der Waals surface area contributed by atoms with E-state index in [0.717, 1.165) is 6.20 Å². The van der Waals surface area contributed by atoms with Gasteiger partial charge in [0.25, 0.3) is 0 Å². The third-order valence-corrected chi connectivity index (χ3v) is 1.54. The molecule has 2 aromatic heterocycles. The Bertz CT molecular complexity index is 418. The Morgan fingerprint density at radius 2 is 2.38 bits per heavy atom. The molecule has 0 amide bonds. The first-order valence-electron chi connectivity index (χ1n) is 3.46. The van der Waals surface area contributed by atoms with E-state index < -0.39 is 5.97 Å². The van der Waals surface area contributed by atoms with E-state index in [4.69, 9.17) is 9.63 Å². The Hall–Kier alpha value is -2.11. The minimum absolute atomic E-state index is 0.0178. The lowest BCUT2D eigenvalue weighted by Gasteiger charge is -1.90. The van der Waals surface area contributed by atoms with Gasteiger partial charge in [-0.1, -0.05) is 5.16 Å². The normalized spacial score (nSPS) is 10.2. The van der Waals surface area contributed by atoms with Crippen molar-refractivity contribution in [2.45, 2.75) is 0 Å². The maximum atomic E-state index is 10.6. The van der Waals surface area contributed by atoms with Crippen LogP contribution in [0.5, 0.6) is 0 Å². The Labute approximate surface area is 72.2 Å². The fraction of sp³-hybridized carbons (Fsp3) is 0. The van der Waals surface area contributed by atoms with Crippen molar-refractivity contribution < 1.29 is 14.4 Å². The lowest BCUT2D eigenvalue weighted by Crippen LogP contribution is -1.95. The number of hydrogen-bond acceptors (Lipinski definition) is 4. The zero-order valence-electron chi connectivity index (χ0n) is 6.39. The highest BCUT2D eigenvalue weighted by Gasteiger charge is 2.17. The van der Waals surface area contributed by atoms with Crippen LogP contribution in [0.2, 0.25) is 0 Å². The van der Waals surface area contributed by atoms with Crippen LogP contribution in [-0.2, 0) is 0 Å². The van der Waals surface area contributed by atoms with Gasteiger partial charge < -0.3 is 14.6 Å². The second kappa shape index (κ2) is 2.74. The highest BCUT2D eigenvalue weighted by atomic mass is 16.5. The van der Waals surface area contributed by atoms with Gasteiger partial charge in [0.2, 0.25) is 0 Å². The van der Waals surface area contributed by atoms with Crippen molar-refractivity contribution in [3.05, 3.63) is 24.3 Å². The van der Waals surface area contributed by atoms with E-state index in [1.807, 2.05) is 0 Å². The quantitative estimate of drug-likeness (QED) is 0.710. The number of aromatic carboxylic acids is 1. The van der Waals surface area contributed by atoms with E-state index in [1.165, 1.54) is 12.5 Å². The Morgan fingerprint density at radius 1 is 1.54 bits per heavy atom. The number of aromatic amines is 1. The van der Waals surface area contributed by atoms with E-state index in [9.17, 15) is 4.79 Å². The van der Waals surface area contributed by atoms with Crippen LogP contribution >= 0.6 is 0 Å². The summed E-state index contributed by atoms with van der Waals surface area (Å²) in [4.78, 5) is 17.1. The fourth-order valence-electron chi connectivity index (χ4n) is 0.966. The van der Waals surface area contributed by atoms with Crippen LogP contribution in [0.3, 0.4) is 0 Å². The Morgan fingerprint density at radius 3 is 3.00 bits per heavy atom. The van der Waals surface area contributed by atoms with Crippen molar-refractivity contribution in [2.75, 3.05) is 0 Å². The van der Waals surface area contributed by atoms with Crippen LogP contribution in [0.25, 0.3) is 11.5 Å². The summed E-state index contributed by atoms with van der Waals surface area (Å²) in [6.45, 7) is 0. The van der Waals surface area contributed by atoms with Crippen molar-refractivity contribution in [3.8, 4) is 11.5 Å². The van der Waals surface area contributed by atoms with Gasteiger partial charge in [0.15, 0.2) is 5.76 Å². The number of nitrogens with zero attached hydrogens (tertiary/aromatic N) is 2. The zero-order chi connectivity index (χ0) is 9.26. The third kappa shape index (κ3) is 1.18. The minimum atomic E-state index is -1.08. The number of carboxylic acid groups (broad SMARTS) is 1. The molecule has 2 N–H and O–H groups in total. The topological polar surface area (TPSA) is 92.0 Å². The summed E-state index contributed by atoms with van der Waals surface area (Å²) >= 11 is 0. The molecule has 0 unspecified atom stereocenters. The highest BCUT2D eigenvalue weighted by molar-refractivity contribution is 5.93. The molecule has 2 rings (SSSR count). The molecule has 6 nitrogen and oxygen atoms in total. The third-order valence-electron chi connectivity index (χ3n) is 1.54. The summed E-state index contributed by atoms with van der Waals surface area (Å²) in [7, 11) is 0. The molecule has 0 atom stereocenters. The second-order valence-corrected chi connectivity index (χ2v) is 2.34. The lowest BCUT2D eigenvalue weighted by atomic mass is 10.2. The maximum absolute atomic E-state index is 10.6. The maximum Gasteiger partial charge on any atom is 0.341 e. The summed E-state index contributed by atoms with van der Waals surface area (Å²) in [5, 5.41) is 12.1. The molecule has 0 bridgehead atoms. The average Bonchev–Trinajstić information content (AvgIpc) is 2.74. The van der Waals surface area contributed by atoms with E-state index in [0.29, 0.717) is 5.69 Å². The molecule has 13 heavy (non-hydrogen) atoms. The molecule has 0 aliphatic carbocycles. The van der Waals surface area contributed by atoms with Crippen molar-refractivity contribution in [3.63, 3.8) is 0 Å². The number of carboxylic acids is 1. The van der Waals surface area contributed by atoms with Gasteiger partial charge >= 0.3 is 5.97 Å². The molecular formula is C7H5N3O3. The molecule has 0 aliphatic rings. The molecule has 0 saturated carbocycles. The molecule has 0 aromatic carbocycles. The van der Waals surface area contributed by atoms with Gasteiger partial charge in [-0.15, -0.1) is 0 Å².